The average Bonchev–Trinajstić information content (AvgIpc) is 3.09. The van der Waals surface area contributed by atoms with Gasteiger partial charge in [0.1, 0.15) is 0 Å². The quantitative estimate of drug-likeness (QED) is 0.449. The Morgan fingerprint density at radius 3 is 2.44 bits per heavy atom. The number of rotatable bonds is 5. The van der Waals surface area contributed by atoms with Crippen LogP contribution in [0.1, 0.15) is 36.2 Å². The Kier molecular flexibility index (Phi) is 4.87. The summed E-state index contributed by atoms with van der Waals surface area (Å²) < 4.78 is 1.71. The van der Waals surface area contributed by atoms with Crippen LogP contribution in [-0.4, -0.2) is 25.7 Å². The van der Waals surface area contributed by atoms with Crippen molar-refractivity contribution >= 4 is 17.7 Å². The lowest BCUT2D eigenvalue weighted by Gasteiger charge is -2.38. The third-order valence-corrected chi connectivity index (χ3v) is 6.27. The van der Waals surface area contributed by atoms with E-state index in [0.29, 0.717) is 11.3 Å². The van der Waals surface area contributed by atoms with E-state index in [4.69, 9.17) is 15.9 Å². The van der Waals surface area contributed by atoms with Crippen LogP contribution in [0.5, 0.6) is 0 Å². The van der Waals surface area contributed by atoms with Gasteiger partial charge in [0.05, 0.1) is 17.1 Å². The van der Waals surface area contributed by atoms with Gasteiger partial charge in [-0.2, -0.15) is 5.10 Å². The first-order valence-electron chi connectivity index (χ1n) is 10.7. The maximum Gasteiger partial charge on any atom is 0.328 e. The van der Waals surface area contributed by atoms with Crippen LogP contribution in [-0.2, 0) is 10.3 Å². The van der Waals surface area contributed by atoms with Gasteiger partial charge in [-0.15, -0.1) is 0 Å². The van der Waals surface area contributed by atoms with Gasteiger partial charge in [-0.25, -0.2) is 14.3 Å². The molecule has 0 bridgehead atoms. The number of benzene rings is 2. The van der Waals surface area contributed by atoms with Crippen LogP contribution in [0.4, 0.5) is 0 Å². The van der Waals surface area contributed by atoms with Crippen LogP contribution >= 0.6 is 0 Å². The first-order valence-corrected chi connectivity index (χ1v) is 10.7. The van der Waals surface area contributed by atoms with E-state index in [1.807, 2.05) is 31.2 Å². The number of nitrogens with zero attached hydrogens (tertiary/aromatic N) is 3. The molecule has 32 heavy (non-hydrogen) atoms. The maximum absolute atomic E-state index is 11.1. The molecule has 1 aliphatic carbocycles. The molecule has 6 heteroatoms. The number of carboxylic acids is 1. The van der Waals surface area contributed by atoms with Gasteiger partial charge >= 0.3 is 5.97 Å². The Labute approximate surface area is 186 Å². The first-order chi connectivity index (χ1) is 15.4. The SMILES string of the molecule is Cc1nc2cc(-c3ccccc3)c(-c3ccc(C4(N)CCC4)cc3)nn2c1C=CC(=O)O. The van der Waals surface area contributed by atoms with E-state index in [9.17, 15) is 4.79 Å². The number of aromatic nitrogens is 3. The lowest BCUT2D eigenvalue weighted by Crippen LogP contribution is -2.43. The summed E-state index contributed by atoms with van der Waals surface area (Å²) in [6, 6.07) is 20.4. The van der Waals surface area contributed by atoms with E-state index in [1.165, 1.54) is 12.5 Å². The number of carboxylic acid groups (broad SMARTS) is 1. The number of fused-ring (bicyclic) bond motifs is 1. The number of aliphatic carboxylic acids is 1. The van der Waals surface area contributed by atoms with Gasteiger partial charge in [-0.1, -0.05) is 54.6 Å². The molecule has 1 fully saturated rings. The molecule has 4 aromatic rings. The Bertz CT molecular complexity index is 1330. The predicted octanol–water partition coefficient (Wildman–Crippen LogP) is 4.81. The summed E-state index contributed by atoms with van der Waals surface area (Å²) in [6.07, 6.45) is 5.84. The van der Waals surface area contributed by atoms with Gasteiger partial charge in [0.25, 0.3) is 0 Å². The Hall–Kier alpha value is -3.77. The lowest BCUT2D eigenvalue weighted by molar-refractivity contribution is -0.131. The van der Waals surface area contributed by atoms with Crippen molar-refractivity contribution in [3.63, 3.8) is 0 Å². The molecular weight excluding hydrogens is 400 g/mol. The zero-order valence-corrected chi connectivity index (χ0v) is 17.8. The van der Waals surface area contributed by atoms with Crippen molar-refractivity contribution < 1.29 is 9.90 Å². The highest BCUT2D eigenvalue weighted by atomic mass is 16.4. The molecule has 0 spiro atoms. The molecule has 3 N–H and O–H groups in total. The number of nitrogens with two attached hydrogens (primary N) is 1. The lowest BCUT2D eigenvalue weighted by atomic mass is 9.72. The minimum Gasteiger partial charge on any atom is -0.478 e. The van der Waals surface area contributed by atoms with E-state index < -0.39 is 5.97 Å². The van der Waals surface area contributed by atoms with Crippen molar-refractivity contribution in [3.8, 4) is 22.4 Å². The molecule has 0 amide bonds. The minimum absolute atomic E-state index is 0.214. The van der Waals surface area contributed by atoms with Gasteiger partial charge in [-0.3, -0.25) is 0 Å². The van der Waals surface area contributed by atoms with Crippen molar-refractivity contribution in [2.75, 3.05) is 0 Å². The van der Waals surface area contributed by atoms with E-state index in [2.05, 4.69) is 41.4 Å². The number of imidazole rings is 1. The first kappa shape index (κ1) is 20.2. The fraction of sp³-hybridized carbons (Fsp3) is 0.192. The Morgan fingerprint density at radius 2 is 1.81 bits per heavy atom. The summed E-state index contributed by atoms with van der Waals surface area (Å²) in [5.74, 6) is -1.01. The van der Waals surface area contributed by atoms with Gasteiger partial charge in [0.15, 0.2) is 5.65 Å². The van der Waals surface area contributed by atoms with Crippen LogP contribution < -0.4 is 5.73 Å². The van der Waals surface area contributed by atoms with Crippen molar-refractivity contribution in [2.45, 2.75) is 31.7 Å². The van der Waals surface area contributed by atoms with Gasteiger partial charge < -0.3 is 10.8 Å². The molecule has 0 saturated heterocycles. The number of aryl methyl sites for hydroxylation is 1. The second kappa shape index (κ2) is 7.73. The molecule has 2 aromatic heterocycles. The number of hydrogen-bond acceptors (Lipinski definition) is 4. The summed E-state index contributed by atoms with van der Waals surface area (Å²) in [5.41, 5.74) is 13.3. The average molecular weight is 425 g/mol. The second-order valence-corrected chi connectivity index (χ2v) is 8.38. The normalized spacial score (nSPS) is 15.2. The van der Waals surface area contributed by atoms with Crippen molar-refractivity contribution in [3.05, 3.63) is 83.7 Å². The summed E-state index contributed by atoms with van der Waals surface area (Å²) >= 11 is 0. The highest BCUT2D eigenvalue weighted by Gasteiger charge is 2.34. The molecule has 2 heterocycles. The molecule has 6 nitrogen and oxygen atoms in total. The maximum atomic E-state index is 11.1. The Morgan fingerprint density at radius 1 is 1.09 bits per heavy atom. The largest absolute Gasteiger partial charge is 0.478 e. The zero-order chi connectivity index (χ0) is 22.3. The van der Waals surface area contributed by atoms with E-state index in [0.717, 1.165) is 52.6 Å². The van der Waals surface area contributed by atoms with Crippen molar-refractivity contribution in [2.24, 2.45) is 5.73 Å². The fourth-order valence-corrected chi connectivity index (χ4v) is 4.30. The zero-order valence-electron chi connectivity index (χ0n) is 17.8. The van der Waals surface area contributed by atoms with Crippen LogP contribution in [0.15, 0.2) is 66.7 Å². The molecule has 0 unspecified atom stereocenters. The summed E-state index contributed by atoms with van der Waals surface area (Å²) in [4.78, 5) is 15.7. The van der Waals surface area contributed by atoms with Crippen LogP contribution in [0.25, 0.3) is 34.1 Å². The second-order valence-electron chi connectivity index (χ2n) is 8.38. The third-order valence-electron chi connectivity index (χ3n) is 6.27. The van der Waals surface area contributed by atoms with Gasteiger partial charge in [0.2, 0.25) is 0 Å². The highest BCUT2D eigenvalue weighted by molar-refractivity contribution is 5.86. The van der Waals surface area contributed by atoms with Crippen molar-refractivity contribution in [1.29, 1.82) is 0 Å². The molecule has 0 atom stereocenters. The molecule has 5 rings (SSSR count). The van der Waals surface area contributed by atoms with Gasteiger partial charge in [-0.05, 0) is 49.5 Å². The number of hydrogen-bond donors (Lipinski definition) is 2. The van der Waals surface area contributed by atoms with Crippen LogP contribution in [0.2, 0.25) is 0 Å². The van der Waals surface area contributed by atoms with Crippen LogP contribution in [0, 0.1) is 6.92 Å². The third kappa shape index (κ3) is 3.48. The molecular formula is C26H24N4O2. The number of carbonyl (C=O) groups is 1. The summed E-state index contributed by atoms with van der Waals surface area (Å²) in [5, 5.41) is 14.0. The standard InChI is InChI=1S/C26H24N4O2/c1-17-22(12-13-24(31)32)30-23(28-17)16-21(18-6-3-2-4-7-18)25(29-30)19-8-10-20(11-9-19)26(27)14-5-15-26/h2-4,6-13,16H,5,14-15,27H2,1H3,(H,31,32). The van der Waals surface area contributed by atoms with Gasteiger partial charge in [0, 0.05) is 22.7 Å². The molecule has 160 valence electrons. The molecule has 0 aliphatic heterocycles. The molecule has 1 saturated carbocycles. The minimum atomic E-state index is -1.01. The summed E-state index contributed by atoms with van der Waals surface area (Å²) in [6.45, 7) is 1.85. The van der Waals surface area contributed by atoms with E-state index >= 15 is 0 Å². The van der Waals surface area contributed by atoms with Crippen molar-refractivity contribution in [1.82, 2.24) is 14.6 Å². The smallest absolute Gasteiger partial charge is 0.328 e. The molecule has 0 radical (unpaired) electrons. The molecule has 1 aliphatic rings. The van der Waals surface area contributed by atoms with E-state index in [1.54, 1.807) is 4.52 Å². The highest BCUT2D eigenvalue weighted by Crippen LogP contribution is 2.40. The summed E-state index contributed by atoms with van der Waals surface area (Å²) in [7, 11) is 0. The Balaban J connectivity index is 1.69. The topological polar surface area (TPSA) is 93.5 Å². The van der Waals surface area contributed by atoms with E-state index in [-0.39, 0.29) is 5.54 Å². The molecule has 2 aromatic carbocycles. The van der Waals surface area contributed by atoms with Crippen LogP contribution in [0.3, 0.4) is 0 Å². The fourth-order valence-electron chi connectivity index (χ4n) is 4.30. The monoisotopic (exact) mass is 424 g/mol. The predicted molar refractivity (Wildman–Crippen MR) is 125 cm³/mol.